The van der Waals surface area contributed by atoms with E-state index in [1.807, 2.05) is 0 Å². The van der Waals surface area contributed by atoms with E-state index < -0.39 is 11.7 Å². The molecule has 0 fully saturated rings. The number of rotatable bonds is 5. The summed E-state index contributed by atoms with van der Waals surface area (Å²) in [7, 11) is 0. The average Bonchev–Trinajstić information content (AvgIpc) is 3.04. The normalized spacial score (nSPS) is 17.3. The molecule has 1 atom stereocenters. The van der Waals surface area contributed by atoms with E-state index in [0.717, 1.165) is 29.0 Å². The Bertz CT molecular complexity index is 739. The number of alkyl halides is 3. The highest BCUT2D eigenvalue weighted by Gasteiger charge is 2.29. The molecule has 1 aliphatic rings. The topological polar surface area (TPSA) is 33.6 Å². The van der Waals surface area contributed by atoms with Gasteiger partial charge in [0.15, 0.2) is 0 Å². The lowest BCUT2D eigenvalue weighted by molar-refractivity contribution is -0.137. The van der Waals surface area contributed by atoms with Gasteiger partial charge in [0, 0.05) is 19.5 Å². The van der Waals surface area contributed by atoms with Gasteiger partial charge in [-0.15, -0.1) is 0 Å². The Balaban J connectivity index is 1.45. The Morgan fingerprint density at radius 1 is 1.04 bits per heavy atom. The Morgan fingerprint density at radius 2 is 1.72 bits per heavy atom. The number of halogens is 4. The van der Waals surface area contributed by atoms with Gasteiger partial charge >= 0.3 is 6.18 Å². The fourth-order valence-corrected chi connectivity index (χ4v) is 2.54. The summed E-state index contributed by atoms with van der Waals surface area (Å²) in [5.74, 6) is -0.307. The van der Waals surface area contributed by atoms with E-state index in [-0.39, 0.29) is 11.9 Å². The van der Waals surface area contributed by atoms with Gasteiger partial charge in [0.05, 0.1) is 11.3 Å². The molecule has 2 aromatic carbocycles. The maximum atomic E-state index is 12.9. The van der Waals surface area contributed by atoms with E-state index in [1.165, 1.54) is 24.3 Å². The third-order valence-corrected chi connectivity index (χ3v) is 3.89. The van der Waals surface area contributed by atoms with Crippen molar-refractivity contribution in [2.75, 3.05) is 6.54 Å². The molecule has 0 radical (unpaired) electrons. The van der Waals surface area contributed by atoms with Crippen LogP contribution in [0.5, 0.6) is 0 Å². The van der Waals surface area contributed by atoms with Crippen molar-refractivity contribution >= 4 is 5.71 Å². The van der Waals surface area contributed by atoms with E-state index in [2.05, 4.69) is 10.5 Å². The SMILES string of the molecule is Fc1ccc(C2=NO[C@@H](CNCc3ccc(C(F)(F)F)cc3)C2)cc1. The second kappa shape index (κ2) is 7.23. The first-order chi connectivity index (χ1) is 11.9. The van der Waals surface area contributed by atoms with E-state index in [4.69, 9.17) is 4.84 Å². The highest BCUT2D eigenvalue weighted by Crippen LogP contribution is 2.29. The van der Waals surface area contributed by atoms with Crippen LogP contribution in [0.25, 0.3) is 0 Å². The lowest BCUT2D eigenvalue weighted by Crippen LogP contribution is -2.26. The maximum absolute atomic E-state index is 12.9. The summed E-state index contributed by atoms with van der Waals surface area (Å²) in [6.45, 7) is 0.944. The molecule has 2 aromatic rings. The van der Waals surface area contributed by atoms with Crippen molar-refractivity contribution < 1.29 is 22.4 Å². The van der Waals surface area contributed by atoms with Gasteiger partial charge < -0.3 is 10.2 Å². The molecule has 0 saturated heterocycles. The smallest absolute Gasteiger partial charge is 0.390 e. The van der Waals surface area contributed by atoms with E-state index in [9.17, 15) is 17.6 Å². The molecule has 1 heterocycles. The van der Waals surface area contributed by atoms with Crippen molar-refractivity contribution in [3.05, 3.63) is 71.0 Å². The lowest BCUT2D eigenvalue weighted by Gasteiger charge is -2.11. The Labute approximate surface area is 142 Å². The number of nitrogens with zero attached hydrogens (tertiary/aromatic N) is 1. The minimum Gasteiger partial charge on any atom is -0.390 e. The molecule has 0 unspecified atom stereocenters. The molecule has 7 heteroatoms. The molecular formula is C18H16F4N2O. The maximum Gasteiger partial charge on any atom is 0.416 e. The first-order valence-electron chi connectivity index (χ1n) is 7.77. The standard InChI is InChI=1S/C18H16F4N2O/c19-15-7-3-13(4-8-15)17-9-16(25-24-17)11-23-10-12-1-5-14(6-2-12)18(20,21)22/h1-8,16,23H,9-11H2/t16-/m1/s1. The third-order valence-electron chi connectivity index (χ3n) is 3.89. The molecule has 0 bridgehead atoms. The van der Waals surface area contributed by atoms with Crippen molar-refractivity contribution in [3.63, 3.8) is 0 Å². The van der Waals surface area contributed by atoms with Gasteiger partial charge in [-0.05, 0) is 35.4 Å². The van der Waals surface area contributed by atoms with Gasteiger partial charge in [0.1, 0.15) is 11.9 Å². The molecule has 132 valence electrons. The highest BCUT2D eigenvalue weighted by molar-refractivity contribution is 6.01. The fraction of sp³-hybridized carbons (Fsp3) is 0.278. The largest absolute Gasteiger partial charge is 0.416 e. The Kier molecular flexibility index (Phi) is 5.03. The summed E-state index contributed by atoms with van der Waals surface area (Å²) in [6.07, 6.45) is -3.89. The number of oxime groups is 1. The van der Waals surface area contributed by atoms with Gasteiger partial charge in [-0.3, -0.25) is 0 Å². The van der Waals surface area contributed by atoms with Crippen LogP contribution in [0.1, 0.15) is 23.1 Å². The van der Waals surface area contributed by atoms with Crippen LogP contribution in [-0.4, -0.2) is 18.4 Å². The van der Waals surface area contributed by atoms with Crippen molar-refractivity contribution in [1.29, 1.82) is 0 Å². The van der Waals surface area contributed by atoms with Crippen LogP contribution in [-0.2, 0) is 17.6 Å². The molecule has 25 heavy (non-hydrogen) atoms. The van der Waals surface area contributed by atoms with Crippen molar-refractivity contribution in [2.45, 2.75) is 25.2 Å². The predicted molar refractivity (Wildman–Crippen MR) is 85.6 cm³/mol. The zero-order valence-electron chi connectivity index (χ0n) is 13.2. The molecule has 0 amide bonds. The minimum absolute atomic E-state index is 0.158. The first kappa shape index (κ1) is 17.4. The summed E-state index contributed by atoms with van der Waals surface area (Å²) in [4.78, 5) is 5.33. The summed E-state index contributed by atoms with van der Waals surface area (Å²) in [6, 6.07) is 11.1. The second-order valence-electron chi connectivity index (χ2n) is 5.80. The molecule has 0 spiro atoms. The summed E-state index contributed by atoms with van der Waals surface area (Å²) >= 11 is 0. The van der Waals surface area contributed by atoms with Crippen LogP contribution in [0.3, 0.4) is 0 Å². The zero-order valence-corrected chi connectivity index (χ0v) is 13.2. The van der Waals surface area contributed by atoms with Gasteiger partial charge in [0.2, 0.25) is 0 Å². The van der Waals surface area contributed by atoms with Gasteiger partial charge in [0.25, 0.3) is 0 Å². The van der Waals surface area contributed by atoms with Crippen LogP contribution < -0.4 is 5.32 Å². The highest BCUT2D eigenvalue weighted by atomic mass is 19.4. The van der Waals surface area contributed by atoms with Crippen molar-refractivity contribution in [2.24, 2.45) is 5.16 Å². The number of hydrogen-bond acceptors (Lipinski definition) is 3. The molecule has 0 saturated carbocycles. The Morgan fingerprint density at radius 3 is 2.36 bits per heavy atom. The minimum atomic E-state index is -4.32. The monoisotopic (exact) mass is 352 g/mol. The van der Waals surface area contributed by atoms with Gasteiger partial charge in [-0.25, -0.2) is 4.39 Å². The molecule has 3 nitrogen and oxygen atoms in total. The third kappa shape index (κ3) is 4.57. The first-order valence-corrected chi connectivity index (χ1v) is 7.77. The summed E-state index contributed by atoms with van der Waals surface area (Å²) in [5, 5.41) is 7.15. The summed E-state index contributed by atoms with van der Waals surface area (Å²) < 4.78 is 50.5. The number of benzene rings is 2. The lowest BCUT2D eigenvalue weighted by atomic mass is 10.0. The molecule has 1 aliphatic heterocycles. The van der Waals surface area contributed by atoms with E-state index in [1.54, 1.807) is 12.1 Å². The number of hydrogen-bond donors (Lipinski definition) is 1. The van der Waals surface area contributed by atoms with E-state index >= 15 is 0 Å². The van der Waals surface area contributed by atoms with E-state index in [0.29, 0.717) is 19.5 Å². The number of nitrogens with one attached hydrogen (secondary N) is 1. The van der Waals surface area contributed by atoms with Crippen LogP contribution in [0.4, 0.5) is 17.6 Å². The van der Waals surface area contributed by atoms with Crippen molar-refractivity contribution in [3.8, 4) is 0 Å². The van der Waals surface area contributed by atoms with Crippen LogP contribution in [0.2, 0.25) is 0 Å². The molecule has 1 N–H and O–H groups in total. The second-order valence-corrected chi connectivity index (χ2v) is 5.80. The molecule has 3 rings (SSSR count). The quantitative estimate of drug-likeness (QED) is 0.821. The fourth-order valence-electron chi connectivity index (χ4n) is 2.54. The predicted octanol–water partition coefficient (Wildman–Crippen LogP) is 4.13. The molecule has 0 aromatic heterocycles. The van der Waals surface area contributed by atoms with Crippen LogP contribution >= 0.6 is 0 Å². The van der Waals surface area contributed by atoms with Gasteiger partial charge in [-0.2, -0.15) is 13.2 Å². The Hall–Kier alpha value is -2.41. The zero-order chi connectivity index (χ0) is 17.9. The summed E-state index contributed by atoms with van der Waals surface area (Å²) in [5.41, 5.74) is 1.66. The van der Waals surface area contributed by atoms with Crippen LogP contribution in [0.15, 0.2) is 53.7 Å². The van der Waals surface area contributed by atoms with Crippen molar-refractivity contribution in [1.82, 2.24) is 5.32 Å². The van der Waals surface area contributed by atoms with Gasteiger partial charge in [-0.1, -0.05) is 29.4 Å². The molecule has 0 aliphatic carbocycles. The average molecular weight is 352 g/mol. The molecular weight excluding hydrogens is 336 g/mol. The van der Waals surface area contributed by atoms with Crippen LogP contribution in [0, 0.1) is 5.82 Å².